The zero-order chi connectivity index (χ0) is 10.5. The minimum Gasteiger partial charge on any atom is -0.327 e. The zero-order valence-corrected chi connectivity index (χ0v) is 9.90. The van der Waals surface area contributed by atoms with Crippen molar-refractivity contribution in [1.29, 1.82) is 0 Å². The molecule has 1 aromatic carbocycles. The van der Waals surface area contributed by atoms with Crippen LogP contribution in [0, 0.1) is 0 Å². The second-order valence-corrected chi connectivity index (χ2v) is 3.61. The molecule has 82 valence electrons. The van der Waals surface area contributed by atoms with Crippen LogP contribution in [0.4, 0.5) is 0 Å². The van der Waals surface area contributed by atoms with Crippen LogP contribution in [0.15, 0.2) is 36.5 Å². The first-order valence-corrected chi connectivity index (χ1v) is 4.65. The van der Waals surface area contributed by atoms with Crippen molar-refractivity contribution in [2.45, 2.75) is 5.54 Å². The number of hydrogen-bond acceptors (Lipinski definition) is 4. The topological polar surface area (TPSA) is 58.2 Å². The van der Waals surface area contributed by atoms with Crippen molar-refractivity contribution in [2.24, 2.45) is 0 Å². The third-order valence-corrected chi connectivity index (χ3v) is 2.82. The van der Waals surface area contributed by atoms with Gasteiger partial charge in [-0.1, -0.05) is 24.3 Å². The van der Waals surface area contributed by atoms with Crippen molar-refractivity contribution >= 4 is 28.5 Å². The molecule has 0 saturated carbocycles. The van der Waals surface area contributed by atoms with E-state index in [-0.39, 0.29) is 28.5 Å². The largest absolute Gasteiger partial charge is 0.327 e. The summed E-state index contributed by atoms with van der Waals surface area (Å²) in [6, 6.07) is 6.88. The molecule has 0 unspecified atom stereocenters. The van der Waals surface area contributed by atoms with Gasteiger partial charge in [0.1, 0.15) is 0 Å². The minimum atomic E-state index is -1.20. The number of Topliss-reactive ketones (excluding diaryl/α,β-unsaturated/α-hetero) is 2. The van der Waals surface area contributed by atoms with E-state index in [1.54, 1.807) is 36.5 Å². The summed E-state index contributed by atoms with van der Waals surface area (Å²) in [6.45, 7) is 0. The quantitative estimate of drug-likeness (QED) is 0.697. The molecule has 0 saturated heterocycles. The van der Waals surface area contributed by atoms with E-state index in [4.69, 9.17) is 0 Å². The van der Waals surface area contributed by atoms with Gasteiger partial charge in [0.15, 0.2) is 17.1 Å². The first-order chi connectivity index (χ1) is 7.26. The van der Waals surface area contributed by atoms with E-state index in [1.165, 1.54) is 0 Å². The van der Waals surface area contributed by atoms with Crippen LogP contribution in [0.2, 0.25) is 0 Å². The molecule has 1 heterocycles. The van der Waals surface area contributed by atoms with Gasteiger partial charge in [-0.05, 0) is 6.08 Å². The Morgan fingerprint density at radius 1 is 1.00 bits per heavy atom. The van der Waals surface area contributed by atoms with Crippen LogP contribution >= 0.6 is 17.0 Å². The van der Waals surface area contributed by atoms with Crippen LogP contribution in [0.3, 0.4) is 0 Å². The van der Waals surface area contributed by atoms with Gasteiger partial charge in [0.05, 0.1) is 0 Å². The molecule has 0 atom stereocenters. The summed E-state index contributed by atoms with van der Waals surface area (Å²) in [7, 11) is 0. The Hall–Kier alpha value is -1.46. The molecule has 2 aliphatic rings. The summed E-state index contributed by atoms with van der Waals surface area (Å²) in [5.74, 6) is -0.381. The molecule has 1 aliphatic heterocycles. The molecule has 0 amide bonds. The monoisotopic (exact) mass is 280 g/mol. The fourth-order valence-corrected chi connectivity index (χ4v) is 2.04. The molecule has 0 fully saturated rings. The highest BCUT2D eigenvalue weighted by molar-refractivity contribution is 8.93. The van der Waals surface area contributed by atoms with Gasteiger partial charge < -0.3 is 5.43 Å². The highest BCUT2D eigenvalue weighted by Crippen LogP contribution is 2.31. The molecule has 3 rings (SSSR count). The highest BCUT2D eigenvalue weighted by atomic mass is 79.9. The lowest BCUT2D eigenvalue weighted by Crippen LogP contribution is -2.53. The number of ketones is 2. The van der Waals surface area contributed by atoms with Gasteiger partial charge in [-0.2, -0.15) is 0 Å². The van der Waals surface area contributed by atoms with Gasteiger partial charge in [0.2, 0.25) is 0 Å². The number of carbonyl (C=O) groups is 2. The van der Waals surface area contributed by atoms with Crippen LogP contribution in [0.25, 0.3) is 0 Å². The average molecular weight is 281 g/mol. The smallest absolute Gasteiger partial charge is 0.197 e. The Labute approximate surface area is 102 Å². The lowest BCUT2D eigenvalue weighted by molar-refractivity contribution is 0.0807. The first kappa shape index (κ1) is 11.0. The van der Waals surface area contributed by atoms with Crippen LogP contribution < -0.4 is 10.9 Å². The van der Waals surface area contributed by atoms with Crippen LogP contribution in [0.5, 0.6) is 0 Å². The number of hydrazine groups is 1. The van der Waals surface area contributed by atoms with Crippen LogP contribution in [0.1, 0.15) is 20.7 Å². The third-order valence-electron chi connectivity index (χ3n) is 2.82. The van der Waals surface area contributed by atoms with Crippen molar-refractivity contribution < 1.29 is 9.59 Å². The maximum Gasteiger partial charge on any atom is 0.197 e. The van der Waals surface area contributed by atoms with E-state index in [9.17, 15) is 9.59 Å². The Morgan fingerprint density at radius 2 is 1.56 bits per heavy atom. The van der Waals surface area contributed by atoms with Gasteiger partial charge >= 0.3 is 0 Å². The van der Waals surface area contributed by atoms with Crippen LogP contribution in [-0.2, 0) is 0 Å². The van der Waals surface area contributed by atoms with Gasteiger partial charge in [-0.3, -0.25) is 9.59 Å². The first-order valence-electron chi connectivity index (χ1n) is 4.65. The molecule has 0 bridgehead atoms. The van der Waals surface area contributed by atoms with E-state index in [0.29, 0.717) is 11.1 Å². The summed E-state index contributed by atoms with van der Waals surface area (Å²) in [5.41, 5.74) is 5.17. The Morgan fingerprint density at radius 3 is 2.00 bits per heavy atom. The third kappa shape index (κ3) is 1.12. The van der Waals surface area contributed by atoms with E-state index in [1.807, 2.05) is 0 Å². The Kier molecular flexibility index (Phi) is 2.44. The second kappa shape index (κ2) is 3.54. The number of rotatable bonds is 0. The SMILES string of the molecule is Br.O=C1c2ccccc2C(=O)C12C=CNN2. The maximum absolute atomic E-state index is 12.1. The summed E-state index contributed by atoms with van der Waals surface area (Å²) in [5, 5.41) is 0. The predicted octanol–water partition coefficient (Wildman–Crippen LogP) is 1.00. The molecule has 1 aromatic rings. The van der Waals surface area contributed by atoms with E-state index < -0.39 is 5.54 Å². The number of fused-ring (bicyclic) bond motifs is 1. The lowest BCUT2D eigenvalue weighted by atomic mass is 9.95. The van der Waals surface area contributed by atoms with Gasteiger partial charge in [0.25, 0.3) is 0 Å². The number of carbonyl (C=O) groups excluding carboxylic acids is 2. The van der Waals surface area contributed by atoms with Crippen LogP contribution in [-0.4, -0.2) is 17.1 Å². The standard InChI is InChI=1S/C11H8N2O2.BrH/c14-9-7-3-1-2-4-8(7)10(15)11(9)5-6-12-13-11;/h1-6,12-13H;1H. The zero-order valence-electron chi connectivity index (χ0n) is 8.19. The number of nitrogens with one attached hydrogen (secondary N) is 2. The molecule has 5 heteroatoms. The Bertz CT molecular complexity index is 475. The molecule has 16 heavy (non-hydrogen) atoms. The fraction of sp³-hybridized carbons (Fsp3) is 0.0909. The molecule has 0 radical (unpaired) electrons. The van der Waals surface area contributed by atoms with Crippen molar-refractivity contribution in [3.05, 3.63) is 47.7 Å². The molecule has 1 aliphatic carbocycles. The van der Waals surface area contributed by atoms with Gasteiger partial charge in [-0.25, -0.2) is 5.43 Å². The van der Waals surface area contributed by atoms with E-state index in [0.717, 1.165) is 0 Å². The van der Waals surface area contributed by atoms with Crippen molar-refractivity contribution in [2.75, 3.05) is 0 Å². The van der Waals surface area contributed by atoms with Crippen molar-refractivity contribution in [3.8, 4) is 0 Å². The number of hydrogen-bond donors (Lipinski definition) is 2. The lowest BCUT2D eigenvalue weighted by Gasteiger charge is -2.16. The number of halogens is 1. The van der Waals surface area contributed by atoms with E-state index >= 15 is 0 Å². The summed E-state index contributed by atoms with van der Waals surface area (Å²) < 4.78 is 0. The second-order valence-electron chi connectivity index (χ2n) is 3.61. The normalized spacial score (nSPS) is 19.5. The minimum absolute atomic E-state index is 0. The summed E-state index contributed by atoms with van der Waals surface area (Å²) >= 11 is 0. The highest BCUT2D eigenvalue weighted by Gasteiger charge is 2.52. The maximum atomic E-state index is 12.1. The summed E-state index contributed by atoms with van der Waals surface area (Å²) in [4.78, 5) is 24.1. The molecule has 2 N–H and O–H groups in total. The summed E-state index contributed by atoms with van der Waals surface area (Å²) in [6.07, 6.45) is 3.14. The predicted molar refractivity (Wildman–Crippen MR) is 63.6 cm³/mol. The molecular formula is C11H9BrN2O2. The average Bonchev–Trinajstić information content (AvgIpc) is 2.83. The van der Waals surface area contributed by atoms with Crippen molar-refractivity contribution in [3.63, 3.8) is 0 Å². The molecule has 4 nitrogen and oxygen atoms in total. The van der Waals surface area contributed by atoms with Gasteiger partial charge in [0, 0.05) is 17.3 Å². The van der Waals surface area contributed by atoms with Gasteiger partial charge in [-0.15, -0.1) is 17.0 Å². The fourth-order valence-electron chi connectivity index (χ4n) is 2.04. The molecular weight excluding hydrogens is 272 g/mol. The molecule has 1 spiro atoms. The van der Waals surface area contributed by atoms with E-state index in [2.05, 4.69) is 10.9 Å². The molecule has 0 aromatic heterocycles. The van der Waals surface area contributed by atoms with Crippen molar-refractivity contribution in [1.82, 2.24) is 10.9 Å². The number of benzene rings is 1. The Balaban J connectivity index is 0.000000963.